The fraction of sp³-hybridized carbons (Fsp3) is 0.167. The lowest BCUT2D eigenvalue weighted by Gasteiger charge is -2.15. The van der Waals surface area contributed by atoms with Crippen molar-refractivity contribution in [3.05, 3.63) is 70.6 Å². The topological polar surface area (TPSA) is 65.1 Å². The lowest BCUT2D eigenvalue weighted by molar-refractivity contribution is -0.139. The van der Waals surface area contributed by atoms with Gasteiger partial charge in [-0.15, -0.1) is 0 Å². The molecule has 3 N–H and O–H groups in total. The fourth-order valence-corrected chi connectivity index (χ4v) is 2.90. The Morgan fingerprint density at radius 3 is 2.79 bits per heavy atom. The minimum absolute atomic E-state index is 0.248. The molecule has 1 atom stereocenters. The number of aromatic nitrogens is 1. The van der Waals surface area contributed by atoms with Crippen molar-refractivity contribution in [3.63, 3.8) is 0 Å². The summed E-state index contributed by atoms with van der Waals surface area (Å²) in [7, 11) is 0. The standard InChI is InChI=1S/C18H16ClFN2O2/c19-15-8-13(20)6-5-11(15)9-22-17(18(23)24)7-12-10-21-16-4-2-1-3-14(12)16/h1-6,8,10,17,21-22H,7,9H2,(H,23,24)/t17-/m1/s1. The van der Waals surface area contributed by atoms with Crippen molar-refractivity contribution in [2.45, 2.75) is 19.0 Å². The number of aromatic amines is 1. The molecular formula is C18H16ClFN2O2. The van der Waals surface area contributed by atoms with Crippen molar-refractivity contribution >= 4 is 28.5 Å². The molecule has 0 aliphatic carbocycles. The number of halogens is 2. The van der Waals surface area contributed by atoms with Crippen LogP contribution in [0.15, 0.2) is 48.7 Å². The fourth-order valence-electron chi connectivity index (χ4n) is 2.67. The molecule has 0 radical (unpaired) electrons. The maximum Gasteiger partial charge on any atom is 0.321 e. The number of carboxylic acids is 1. The Morgan fingerprint density at radius 1 is 1.25 bits per heavy atom. The van der Waals surface area contributed by atoms with Crippen molar-refractivity contribution in [1.82, 2.24) is 10.3 Å². The van der Waals surface area contributed by atoms with Gasteiger partial charge >= 0.3 is 5.97 Å². The first-order chi connectivity index (χ1) is 11.5. The number of nitrogens with one attached hydrogen (secondary N) is 2. The van der Waals surface area contributed by atoms with Gasteiger partial charge in [0.05, 0.1) is 0 Å². The van der Waals surface area contributed by atoms with Crippen LogP contribution >= 0.6 is 11.6 Å². The van der Waals surface area contributed by atoms with Gasteiger partial charge < -0.3 is 10.1 Å². The first kappa shape index (κ1) is 16.5. The molecule has 1 aromatic heterocycles. The Labute approximate surface area is 143 Å². The Kier molecular flexibility index (Phi) is 4.83. The van der Waals surface area contributed by atoms with E-state index >= 15 is 0 Å². The minimum Gasteiger partial charge on any atom is -0.480 e. The Balaban J connectivity index is 1.74. The number of carboxylic acid groups (broad SMARTS) is 1. The van der Waals surface area contributed by atoms with E-state index < -0.39 is 17.8 Å². The van der Waals surface area contributed by atoms with E-state index in [9.17, 15) is 14.3 Å². The number of hydrogen-bond donors (Lipinski definition) is 3. The van der Waals surface area contributed by atoms with E-state index in [2.05, 4.69) is 10.3 Å². The molecule has 2 aromatic carbocycles. The molecule has 3 rings (SSSR count). The molecule has 0 bridgehead atoms. The van der Waals surface area contributed by atoms with Crippen LogP contribution in [0.2, 0.25) is 5.02 Å². The third-order valence-electron chi connectivity index (χ3n) is 3.95. The van der Waals surface area contributed by atoms with Gasteiger partial charge in [-0.3, -0.25) is 10.1 Å². The Morgan fingerprint density at radius 2 is 2.04 bits per heavy atom. The SMILES string of the molecule is O=C(O)[C@@H](Cc1c[nH]c2ccccc12)NCc1ccc(F)cc1Cl. The number of para-hydroxylation sites is 1. The average Bonchev–Trinajstić information content (AvgIpc) is 2.95. The van der Waals surface area contributed by atoms with Crippen molar-refractivity contribution in [2.24, 2.45) is 0 Å². The second kappa shape index (κ2) is 7.03. The molecule has 0 amide bonds. The zero-order chi connectivity index (χ0) is 17.1. The number of carbonyl (C=O) groups is 1. The van der Waals surface area contributed by atoms with Crippen LogP contribution in [0.4, 0.5) is 4.39 Å². The maximum absolute atomic E-state index is 13.1. The first-order valence-electron chi connectivity index (χ1n) is 7.49. The molecule has 0 spiro atoms. The molecule has 124 valence electrons. The van der Waals surface area contributed by atoms with E-state index in [0.29, 0.717) is 12.0 Å². The number of rotatable bonds is 6. The molecular weight excluding hydrogens is 331 g/mol. The second-order valence-corrected chi connectivity index (χ2v) is 5.98. The monoisotopic (exact) mass is 346 g/mol. The van der Waals surface area contributed by atoms with Crippen molar-refractivity contribution < 1.29 is 14.3 Å². The van der Waals surface area contributed by atoms with Crippen LogP contribution in [0.1, 0.15) is 11.1 Å². The summed E-state index contributed by atoms with van der Waals surface area (Å²) in [6.45, 7) is 0.248. The van der Waals surface area contributed by atoms with Crippen molar-refractivity contribution in [3.8, 4) is 0 Å². The van der Waals surface area contributed by atoms with Crippen molar-refractivity contribution in [1.29, 1.82) is 0 Å². The van der Waals surface area contributed by atoms with Crippen LogP contribution in [0.5, 0.6) is 0 Å². The lowest BCUT2D eigenvalue weighted by atomic mass is 10.0. The number of benzene rings is 2. The van der Waals surface area contributed by atoms with Crippen LogP contribution in [-0.2, 0) is 17.8 Å². The summed E-state index contributed by atoms with van der Waals surface area (Å²) < 4.78 is 13.1. The highest BCUT2D eigenvalue weighted by Crippen LogP contribution is 2.20. The summed E-state index contributed by atoms with van der Waals surface area (Å²) in [5.74, 6) is -1.36. The van der Waals surface area contributed by atoms with Crippen LogP contribution in [-0.4, -0.2) is 22.1 Å². The normalized spacial score (nSPS) is 12.4. The predicted octanol–water partition coefficient (Wildman–Crippen LogP) is 3.75. The number of H-pyrrole nitrogens is 1. The van der Waals surface area contributed by atoms with Gasteiger partial charge in [-0.2, -0.15) is 0 Å². The van der Waals surface area contributed by atoms with Gasteiger partial charge in [-0.1, -0.05) is 35.9 Å². The number of fused-ring (bicyclic) bond motifs is 1. The summed E-state index contributed by atoms with van der Waals surface area (Å²) in [6, 6.07) is 11.0. The van der Waals surface area contributed by atoms with E-state index in [4.69, 9.17) is 11.6 Å². The number of hydrogen-bond acceptors (Lipinski definition) is 2. The summed E-state index contributed by atoms with van der Waals surface area (Å²) in [5.41, 5.74) is 2.55. The molecule has 0 aliphatic heterocycles. The smallest absolute Gasteiger partial charge is 0.321 e. The summed E-state index contributed by atoms with van der Waals surface area (Å²) in [4.78, 5) is 14.7. The summed E-state index contributed by atoms with van der Waals surface area (Å²) >= 11 is 5.98. The van der Waals surface area contributed by atoms with Gasteiger partial charge in [0.1, 0.15) is 11.9 Å². The van der Waals surface area contributed by atoms with E-state index in [-0.39, 0.29) is 11.6 Å². The maximum atomic E-state index is 13.1. The Hall–Kier alpha value is -2.37. The highest BCUT2D eigenvalue weighted by molar-refractivity contribution is 6.31. The van der Waals surface area contributed by atoms with Gasteiger partial charge in [0.15, 0.2) is 0 Å². The van der Waals surface area contributed by atoms with E-state index in [0.717, 1.165) is 16.5 Å². The van der Waals surface area contributed by atoms with E-state index in [1.165, 1.54) is 12.1 Å². The quantitative estimate of drug-likeness (QED) is 0.637. The summed E-state index contributed by atoms with van der Waals surface area (Å²) in [5, 5.41) is 13.7. The molecule has 0 fully saturated rings. The van der Waals surface area contributed by atoms with Crippen LogP contribution in [0, 0.1) is 5.82 Å². The van der Waals surface area contributed by atoms with Gasteiger partial charge in [-0.25, -0.2) is 4.39 Å². The lowest BCUT2D eigenvalue weighted by Crippen LogP contribution is -2.38. The summed E-state index contributed by atoms with van der Waals surface area (Å²) in [6.07, 6.45) is 2.16. The molecule has 0 unspecified atom stereocenters. The average molecular weight is 347 g/mol. The highest BCUT2D eigenvalue weighted by atomic mass is 35.5. The third-order valence-corrected chi connectivity index (χ3v) is 4.30. The van der Waals surface area contributed by atoms with Crippen LogP contribution < -0.4 is 5.32 Å². The molecule has 0 aliphatic rings. The van der Waals surface area contributed by atoms with Gasteiger partial charge in [0.2, 0.25) is 0 Å². The zero-order valence-corrected chi connectivity index (χ0v) is 13.5. The first-order valence-corrected chi connectivity index (χ1v) is 7.87. The minimum atomic E-state index is -0.946. The van der Waals surface area contributed by atoms with Crippen molar-refractivity contribution in [2.75, 3.05) is 0 Å². The highest BCUT2D eigenvalue weighted by Gasteiger charge is 2.19. The second-order valence-electron chi connectivity index (χ2n) is 5.57. The van der Waals surface area contributed by atoms with E-state index in [1.54, 1.807) is 6.07 Å². The molecule has 24 heavy (non-hydrogen) atoms. The van der Waals surface area contributed by atoms with E-state index in [1.807, 2.05) is 30.5 Å². The predicted molar refractivity (Wildman–Crippen MR) is 91.7 cm³/mol. The van der Waals surface area contributed by atoms with Crippen LogP contribution in [0.3, 0.4) is 0 Å². The largest absolute Gasteiger partial charge is 0.480 e. The van der Waals surface area contributed by atoms with Gasteiger partial charge in [0, 0.05) is 35.1 Å². The molecule has 6 heteroatoms. The third kappa shape index (κ3) is 3.58. The molecule has 4 nitrogen and oxygen atoms in total. The molecule has 0 saturated carbocycles. The number of aliphatic carboxylic acids is 1. The van der Waals surface area contributed by atoms with Gasteiger partial charge in [0.25, 0.3) is 0 Å². The Bertz CT molecular complexity index is 878. The molecule has 3 aromatic rings. The molecule has 0 saturated heterocycles. The van der Waals surface area contributed by atoms with Crippen LogP contribution in [0.25, 0.3) is 10.9 Å². The van der Waals surface area contributed by atoms with Gasteiger partial charge in [-0.05, 0) is 29.3 Å². The zero-order valence-electron chi connectivity index (χ0n) is 12.7. The molecule has 1 heterocycles.